The minimum Gasteiger partial charge on any atom is -0.462 e. The molecule has 0 aromatic heterocycles. The lowest BCUT2D eigenvalue weighted by Crippen LogP contribution is -2.29. The summed E-state index contributed by atoms with van der Waals surface area (Å²) in [6.45, 7) is 3.63. The summed E-state index contributed by atoms with van der Waals surface area (Å²) in [4.78, 5) is 35.0. The number of nitrogens with two attached hydrogens (primary N) is 1. The molecule has 4 atom stereocenters. The van der Waals surface area contributed by atoms with Crippen LogP contribution in [-0.4, -0.2) is 61.5 Å². The lowest BCUT2D eigenvalue weighted by atomic mass is 10.0. The molecule has 3 N–H and O–H groups in total. The van der Waals surface area contributed by atoms with E-state index >= 15 is 0 Å². The smallest absolute Gasteiger partial charge is 0.462 e. The first kappa shape index (κ1) is 52.2. The zero-order valence-corrected chi connectivity index (χ0v) is 36.5. The Morgan fingerprint density at radius 3 is 1.75 bits per heavy atom. The molecule has 1 heterocycles. The number of esters is 2. The number of epoxide rings is 1. The molecular formula is C45H82NO9P. The van der Waals surface area contributed by atoms with Crippen molar-refractivity contribution in [1.82, 2.24) is 0 Å². The zero-order valence-electron chi connectivity index (χ0n) is 35.6. The van der Waals surface area contributed by atoms with Gasteiger partial charge < -0.3 is 24.8 Å². The van der Waals surface area contributed by atoms with Crippen molar-refractivity contribution < 1.29 is 42.3 Å². The van der Waals surface area contributed by atoms with Gasteiger partial charge in [0, 0.05) is 19.4 Å². The van der Waals surface area contributed by atoms with Crippen molar-refractivity contribution in [2.24, 2.45) is 5.73 Å². The Morgan fingerprint density at radius 1 is 0.643 bits per heavy atom. The van der Waals surface area contributed by atoms with Crippen LogP contribution >= 0.6 is 7.82 Å². The number of carbonyl (C=O) groups excluding carboxylic acids is 2. The lowest BCUT2D eigenvalue weighted by molar-refractivity contribution is -0.161. The van der Waals surface area contributed by atoms with Crippen LogP contribution < -0.4 is 5.73 Å². The summed E-state index contributed by atoms with van der Waals surface area (Å²) in [5.74, 6) is -0.899. The molecule has 0 amide bonds. The van der Waals surface area contributed by atoms with E-state index in [2.05, 4.69) is 50.3 Å². The van der Waals surface area contributed by atoms with Gasteiger partial charge in [-0.2, -0.15) is 0 Å². The van der Waals surface area contributed by atoms with Crippen LogP contribution in [0.5, 0.6) is 0 Å². The van der Waals surface area contributed by atoms with Crippen LogP contribution in [0.2, 0.25) is 0 Å². The molecule has 0 aromatic rings. The maximum absolute atomic E-state index is 12.7. The second kappa shape index (κ2) is 37.5. The van der Waals surface area contributed by atoms with Gasteiger partial charge in [0.15, 0.2) is 6.10 Å². The quantitative estimate of drug-likeness (QED) is 0.0201. The number of unbranched alkanes of at least 4 members (excludes halogenated alkanes) is 19. The van der Waals surface area contributed by atoms with E-state index < -0.39 is 32.5 Å². The number of carbonyl (C=O) groups is 2. The summed E-state index contributed by atoms with van der Waals surface area (Å²) in [6, 6.07) is 0. The van der Waals surface area contributed by atoms with Crippen LogP contribution in [-0.2, 0) is 37.4 Å². The van der Waals surface area contributed by atoms with Gasteiger partial charge in [-0.05, 0) is 51.4 Å². The van der Waals surface area contributed by atoms with Gasteiger partial charge in [-0.25, -0.2) is 4.57 Å². The van der Waals surface area contributed by atoms with Gasteiger partial charge in [0.1, 0.15) is 6.61 Å². The largest absolute Gasteiger partial charge is 0.472 e. The van der Waals surface area contributed by atoms with Crippen LogP contribution in [0.25, 0.3) is 0 Å². The van der Waals surface area contributed by atoms with E-state index in [1.807, 2.05) is 0 Å². The van der Waals surface area contributed by atoms with E-state index in [0.29, 0.717) is 6.42 Å². The molecule has 0 saturated carbocycles. The van der Waals surface area contributed by atoms with Crippen LogP contribution in [0.1, 0.15) is 194 Å². The van der Waals surface area contributed by atoms with Gasteiger partial charge in [0.25, 0.3) is 0 Å². The first-order chi connectivity index (χ1) is 27.3. The van der Waals surface area contributed by atoms with Crippen LogP contribution in [0.4, 0.5) is 0 Å². The van der Waals surface area contributed by atoms with Crippen molar-refractivity contribution >= 4 is 19.8 Å². The molecule has 0 aromatic carbocycles. The maximum atomic E-state index is 12.7. The molecule has 0 spiro atoms. The number of allylic oxidation sites excluding steroid dienone is 5. The molecule has 11 heteroatoms. The molecule has 3 unspecified atom stereocenters. The van der Waals surface area contributed by atoms with E-state index in [4.69, 9.17) is 29.0 Å². The second-order valence-electron chi connectivity index (χ2n) is 15.3. The van der Waals surface area contributed by atoms with Crippen molar-refractivity contribution in [2.75, 3.05) is 26.4 Å². The molecule has 0 radical (unpaired) electrons. The second-order valence-corrected chi connectivity index (χ2v) is 16.8. The third-order valence-electron chi connectivity index (χ3n) is 9.95. The summed E-state index contributed by atoms with van der Waals surface area (Å²) in [6.07, 6.45) is 43.3. The normalized spacial score (nSPS) is 17.2. The minimum atomic E-state index is -4.40. The molecule has 1 fully saturated rings. The third kappa shape index (κ3) is 34.3. The Balaban J connectivity index is 2.21. The molecule has 1 aliphatic heterocycles. The summed E-state index contributed by atoms with van der Waals surface area (Å²) in [5, 5.41) is 0. The Hall–Kier alpha value is -1.81. The fraction of sp³-hybridized carbons (Fsp3) is 0.822. The van der Waals surface area contributed by atoms with Gasteiger partial charge in [-0.15, -0.1) is 0 Å². The molecule has 56 heavy (non-hydrogen) atoms. The van der Waals surface area contributed by atoms with E-state index in [-0.39, 0.29) is 44.8 Å². The fourth-order valence-corrected chi connectivity index (χ4v) is 7.25. The fourth-order valence-electron chi connectivity index (χ4n) is 6.49. The van der Waals surface area contributed by atoms with Crippen LogP contribution in [0.3, 0.4) is 0 Å². The Bertz CT molecular complexity index is 1080. The van der Waals surface area contributed by atoms with E-state index in [1.165, 1.54) is 109 Å². The zero-order chi connectivity index (χ0) is 40.8. The SMILES string of the molecule is CCCCC/C=C\C/C=C\C/C=C\CC1OC1CCCC(=O)O[C@H](COC(=O)CCCCCCCCCCCCCCCCCCC)COP(=O)(O)OCCN. The number of ether oxygens (including phenoxy) is 3. The van der Waals surface area contributed by atoms with Crippen LogP contribution in [0, 0.1) is 0 Å². The van der Waals surface area contributed by atoms with Crippen molar-refractivity contribution in [3.8, 4) is 0 Å². The highest BCUT2D eigenvalue weighted by Crippen LogP contribution is 2.43. The highest BCUT2D eigenvalue weighted by Gasteiger charge is 2.37. The molecule has 0 bridgehead atoms. The first-order valence-electron chi connectivity index (χ1n) is 22.6. The third-order valence-corrected chi connectivity index (χ3v) is 10.9. The van der Waals surface area contributed by atoms with Crippen molar-refractivity contribution in [3.63, 3.8) is 0 Å². The summed E-state index contributed by atoms with van der Waals surface area (Å²) >= 11 is 0. The highest BCUT2D eigenvalue weighted by atomic mass is 31.2. The highest BCUT2D eigenvalue weighted by molar-refractivity contribution is 7.47. The standard InChI is InChI=1S/C45H82NO9P/c1-3-5-7-9-11-13-15-17-18-19-20-21-23-25-27-29-31-35-44(47)51-39-41(40-53-56(49,50)52-38-37-46)54-45(48)36-32-34-43-42(55-43)33-30-28-26-24-22-16-14-12-10-8-6-4-2/h12,14,22,24,28,30,41-43H,3-11,13,15-21,23,25-27,29,31-40,46H2,1-2H3,(H,49,50)/b14-12-,24-22-,30-28-/t41-,42?,43?/m1/s1. The van der Waals surface area contributed by atoms with Gasteiger partial charge in [-0.1, -0.05) is 166 Å². The molecule has 1 saturated heterocycles. The number of phosphoric ester groups is 1. The average Bonchev–Trinajstić information content (AvgIpc) is 3.94. The minimum absolute atomic E-state index is 0.0416. The number of rotatable bonds is 41. The van der Waals surface area contributed by atoms with Gasteiger partial charge in [0.05, 0.1) is 25.4 Å². The van der Waals surface area contributed by atoms with E-state index in [0.717, 1.165) is 51.4 Å². The van der Waals surface area contributed by atoms with Crippen molar-refractivity contribution in [1.29, 1.82) is 0 Å². The molecular weight excluding hydrogens is 729 g/mol. The predicted octanol–water partition coefficient (Wildman–Crippen LogP) is 11.9. The number of phosphoric acid groups is 1. The van der Waals surface area contributed by atoms with Gasteiger partial charge in [0.2, 0.25) is 0 Å². The Morgan fingerprint density at radius 2 is 1.16 bits per heavy atom. The topological polar surface area (TPSA) is 147 Å². The predicted molar refractivity (Wildman–Crippen MR) is 228 cm³/mol. The molecule has 326 valence electrons. The van der Waals surface area contributed by atoms with Crippen molar-refractivity contribution in [3.05, 3.63) is 36.5 Å². The summed E-state index contributed by atoms with van der Waals surface area (Å²) < 4.78 is 38.6. The summed E-state index contributed by atoms with van der Waals surface area (Å²) in [7, 11) is -4.40. The van der Waals surface area contributed by atoms with Crippen LogP contribution in [0.15, 0.2) is 36.5 Å². The molecule has 1 rings (SSSR count). The van der Waals surface area contributed by atoms with Gasteiger partial charge in [-0.3, -0.25) is 18.6 Å². The Labute approximate surface area is 341 Å². The molecule has 1 aliphatic rings. The lowest BCUT2D eigenvalue weighted by Gasteiger charge is -2.19. The number of hydrogen-bond acceptors (Lipinski definition) is 9. The monoisotopic (exact) mass is 812 g/mol. The first-order valence-corrected chi connectivity index (χ1v) is 24.1. The molecule has 0 aliphatic carbocycles. The molecule has 10 nitrogen and oxygen atoms in total. The Kier molecular flexibility index (Phi) is 34.9. The van der Waals surface area contributed by atoms with Gasteiger partial charge >= 0.3 is 19.8 Å². The van der Waals surface area contributed by atoms with E-state index in [1.54, 1.807) is 0 Å². The average molecular weight is 812 g/mol. The summed E-state index contributed by atoms with van der Waals surface area (Å²) in [5.41, 5.74) is 5.35. The maximum Gasteiger partial charge on any atom is 0.472 e. The van der Waals surface area contributed by atoms with Crippen molar-refractivity contribution in [2.45, 2.75) is 212 Å². The number of hydrogen-bond donors (Lipinski definition) is 2. The van der Waals surface area contributed by atoms with E-state index in [9.17, 15) is 19.0 Å².